The molecular weight excluding hydrogens is 276 g/mol. The fourth-order valence-corrected chi connectivity index (χ4v) is 1.74. The third-order valence-electron chi connectivity index (χ3n) is 2.90. The third-order valence-corrected chi connectivity index (χ3v) is 2.90. The van der Waals surface area contributed by atoms with Crippen LogP contribution in [0, 0.1) is 0 Å². The summed E-state index contributed by atoms with van der Waals surface area (Å²) >= 11 is 0. The van der Waals surface area contributed by atoms with Gasteiger partial charge in [-0.1, -0.05) is 30.3 Å². The highest BCUT2D eigenvalue weighted by Crippen LogP contribution is 2.04. The van der Waals surface area contributed by atoms with Gasteiger partial charge in [0.15, 0.2) is 0 Å². The van der Waals surface area contributed by atoms with E-state index in [1.54, 1.807) is 30.3 Å². The molecule has 1 amide bonds. The Bertz CT molecular complexity index is 503. The van der Waals surface area contributed by atoms with Crippen LogP contribution in [0.15, 0.2) is 30.3 Å². The zero-order chi connectivity index (χ0) is 15.8. The minimum Gasteiger partial charge on any atom is -0.481 e. The Morgan fingerprint density at radius 1 is 1.14 bits per heavy atom. The topological polar surface area (TPSA) is 130 Å². The molecule has 0 unspecified atom stereocenters. The van der Waals surface area contributed by atoms with Crippen LogP contribution in [-0.2, 0) is 20.8 Å². The van der Waals surface area contributed by atoms with E-state index in [4.69, 9.17) is 15.9 Å². The number of rotatable bonds is 8. The second-order valence-corrected chi connectivity index (χ2v) is 4.63. The lowest BCUT2D eigenvalue weighted by molar-refractivity contribution is -0.142. The van der Waals surface area contributed by atoms with Gasteiger partial charge in [-0.15, -0.1) is 0 Å². The molecular formula is C14H18N2O5. The highest BCUT2D eigenvalue weighted by molar-refractivity contribution is 5.87. The quantitative estimate of drug-likeness (QED) is 0.533. The molecule has 7 heteroatoms. The average Bonchev–Trinajstić information content (AvgIpc) is 2.44. The Kier molecular flexibility index (Phi) is 6.35. The van der Waals surface area contributed by atoms with E-state index in [1.807, 2.05) is 0 Å². The molecule has 0 aromatic heterocycles. The van der Waals surface area contributed by atoms with Gasteiger partial charge in [0, 0.05) is 12.8 Å². The van der Waals surface area contributed by atoms with Crippen molar-refractivity contribution in [3.63, 3.8) is 0 Å². The number of hydrogen-bond acceptors (Lipinski definition) is 4. The van der Waals surface area contributed by atoms with Crippen molar-refractivity contribution in [1.29, 1.82) is 0 Å². The molecule has 0 radical (unpaired) electrons. The van der Waals surface area contributed by atoms with Crippen molar-refractivity contribution in [2.45, 2.75) is 31.3 Å². The number of nitrogens with one attached hydrogen (secondary N) is 1. The van der Waals surface area contributed by atoms with Crippen molar-refractivity contribution < 1.29 is 24.6 Å². The predicted molar refractivity (Wildman–Crippen MR) is 74.6 cm³/mol. The van der Waals surface area contributed by atoms with Crippen LogP contribution < -0.4 is 11.1 Å². The minimum absolute atomic E-state index is 0.0428. The molecule has 0 aliphatic carbocycles. The Hall–Kier alpha value is -2.41. The first kappa shape index (κ1) is 16.6. The molecule has 0 spiro atoms. The second kappa shape index (κ2) is 8.01. The standard InChI is InChI=1S/C14H18N2O5/c15-10(6-7-12(17)18)13(19)16-11(14(20)21)8-9-4-2-1-3-5-9/h1-5,10-11H,6-8,15H2,(H,16,19)(H,17,18)(H,20,21)/t10-,11+/m0/s1. The van der Waals surface area contributed by atoms with Gasteiger partial charge in [0.2, 0.25) is 5.91 Å². The molecule has 114 valence electrons. The summed E-state index contributed by atoms with van der Waals surface area (Å²) in [6.07, 6.45) is -0.155. The normalized spacial score (nSPS) is 13.2. The molecule has 0 heterocycles. The SMILES string of the molecule is N[C@@H](CCC(=O)O)C(=O)N[C@H](Cc1ccccc1)C(=O)O. The summed E-state index contributed by atoms with van der Waals surface area (Å²) in [5.74, 6) is -2.89. The van der Waals surface area contributed by atoms with Crippen LogP contribution in [-0.4, -0.2) is 40.1 Å². The van der Waals surface area contributed by atoms with Crippen LogP contribution >= 0.6 is 0 Å². The molecule has 7 nitrogen and oxygen atoms in total. The molecule has 1 aromatic carbocycles. The summed E-state index contributed by atoms with van der Waals surface area (Å²) in [4.78, 5) is 33.4. The molecule has 5 N–H and O–H groups in total. The molecule has 2 atom stereocenters. The van der Waals surface area contributed by atoms with Crippen molar-refractivity contribution in [2.75, 3.05) is 0 Å². The average molecular weight is 294 g/mol. The van der Waals surface area contributed by atoms with E-state index in [-0.39, 0.29) is 19.3 Å². The minimum atomic E-state index is -1.17. The van der Waals surface area contributed by atoms with E-state index in [0.29, 0.717) is 0 Å². The fraction of sp³-hybridized carbons (Fsp3) is 0.357. The number of carboxylic acids is 2. The Morgan fingerprint density at radius 3 is 2.29 bits per heavy atom. The zero-order valence-electron chi connectivity index (χ0n) is 11.4. The van der Waals surface area contributed by atoms with Crippen molar-refractivity contribution >= 4 is 17.8 Å². The van der Waals surface area contributed by atoms with Crippen LogP contribution in [0.25, 0.3) is 0 Å². The molecule has 0 aliphatic rings. The number of hydrogen-bond donors (Lipinski definition) is 4. The second-order valence-electron chi connectivity index (χ2n) is 4.63. The summed E-state index contributed by atoms with van der Waals surface area (Å²) in [5.41, 5.74) is 6.31. The molecule has 0 fully saturated rings. The molecule has 1 rings (SSSR count). The maximum absolute atomic E-state index is 11.8. The number of nitrogens with two attached hydrogens (primary N) is 1. The van der Waals surface area contributed by atoms with E-state index < -0.39 is 29.9 Å². The first-order chi connectivity index (χ1) is 9.90. The van der Waals surface area contributed by atoms with Gasteiger partial charge in [-0.3, -0.25) is 9.59 Å². The zero-order valence-corrected chi connectivity index (χ0v) is 11.4. The lowest BCUT2D eigenvalue weighted by atomic mass is 10.0. The number of benzene rings is 1. The largest absolute Gasteiger partial charge is 0.481 e. The molecule has 0 saturated heterocycles. The van der Waals surface area contributed by atoms with Crippen molar-refractivity contribution in [3.8, 4) is 0 Å². The van der Waals surface area contributed by atoms with Gasteiger partial charge in [-0.25, -0.2) is 4.79 Å². The molecule has 21 heavy (non-hydrogen) atoms. The van der Waals surface area contributed by atoms with Crippen LogP contribution in [0.5, 0.6) is 0 Å². The van der Waals surface area contributed by atoms with Gasteiger partial charge in [-0.2, -0.15) is 0 Å². The number of amides is 1. The highest BCUT2D eigenvalue weighted by Gasteiger charge is 2.23. The summed E-state index contributed by atoms with van der Waals surface area (Å²) < 4.78 is 0. The molecule has 1 aromatic rings. The number of aliphatic carboxylic acids is 2. The molecule has 0 bridgehead atoms. The first-order valence-corrected chi connectivity index (χ1v) is 6.44. The lowest BCUT2D eigenvalue weighted by Gasteiger charge is -2.17. The highest BCUT2D eigenvalue weighted by atomic mass is 16.4. The van der Waals surface area contributed by atoms with E-state index in [2.05, 4.69) is 5.32 Å². The number of carbonyl (C=O) groups excluding carboxylic acids is 1. The summed E-state index contributed by atoms with van der Waals surface area (Å²) in [6, 6.07) is 6.72. The van der Waals surface area contributed by atoms with Gasteiger partial charge in [0.1, 0.15) is 6.04 Å². The van der Waals surface area contributed by atoms with E-state index in [0.717, 1.165) is 5.56 Å². The van der Waals surface area contributed by atoms with E-state index in [1.165, 1.54) is 0 Å². The molecule has 0 aliphatic heterocycles. The smallest absolute Gasteiger partial charge is 0.326 e. The Balaban J connectivity index is 2.60. The monoisotopic (exact) mass is 294 g/mol. The maximum atomic E-state index is 11.8. The van der Waals surface area contributed by atoms with Crippen LogP contribution in [0.1, 0.15) is 18.4 Å². The van der Waals surface area contributed by atoms with Crippen LogP contribution in [0.2, 0.25) is 0 Å². The molecule has 0 saturated carbocycles. The summed E-state index contributed by atoms with van der Waals surface area (Å²) in [6.45, 7) is 0. The van der Waals surface area contributed by atoms with Crippen molar-refractivity contribution in [3.05, 3.63) is 35.9 Å². The van der Waals surface area contributed by atoms with Crippen molar-refractivity contribution in [1.82, 2.24) is 5.32 Å². The summed E-state index contributed by atoms with van der Waals surface area (Å²) in [5, 5.41) is 20.0. The Labute approximate surface area is 121 Å². The Morgan fingerprint density at radius 2 is 1.76 bits per heavy atom. The number of carboxylic acid groups (broad SMARTS) is 2. The van der Waals surface area contributed by atoms with Crippen molar-refractivity contribution in [2.24, 2.45) is 5.73 Å². The predicted octanol–water partition coefficient (Wildman–Crippen LogP) is -0.00940. The first-order valence-electron chi connectivity index (χ1n) is 6.44. The van der Waals surface area contributed by atoms with Gasteiger partial charge >= 0.3 is 11.9 Å². The van der Waals surface area contributed by atoms with E-state index >= 15 is 0 Å². The summed E-state index contributed by atoms with van der Waals surface area (Å²) in [7, 11) is 0. The maximum Gasteiger partial charge on any atom is 0.326 e. The van der Waals surface area contributed by atoms with E-state index in [9.17, 15) is 14.4 Å². The van der Waals surface area contributed by atoms with Gasteiger partial charge in [0.05, 0.1) is 6.04 Å². The number of carbonyl (C=O) groups is 3. The van der Waals surface area contributed by atoms with Gasteiger partial charge in [-0.05, 0) is 12.0 Å². The third kappa shape index (κ3) is 6.05. The van der Waals surface area contributed by atoms with Gasteiger partial charge in [0.25, 0.3) is 0 Å². The van der Waals surface area contributed by atoms with Crippen LogP contribution in [0.3, 0.4) is 0 Å². The van der Waals surface area contributed by atoms with Gasteiger partial charge < -0.3 is 21.3 Å². The fourth-order valence-electron chi connectivity index (χ4n) is 1.74. The lowest BCUT2D eigenvalue weighted by Crippen LogP contribution is -2.49. The van der Waals surface area contributed by atoms with Crippen LogP contribution in [0.4, 0.5) is 0 Å².